The normalized spacial score (nSPS) is 21.6. The highest BCUT2D eigenvalue weighted by Gasteiger charge is 2.24. The van der Waals surface area contributed by atoms with Crippen LogP contribution in [0.5, 0.6) is 0 Å². The quantitative estimate of drug-likeness (QED) is 0.787. The second-order valence-corrected chi connectivity index (χ2v) is 5.65. The van der Waals surface area contributed by atoms with Gasteiger partial charge in [0.15, 0.2) is 0 Å². The van der Waals surface area contributed by atoms with Gasteiger partial charge in [0.05, 0.1) is 12.5 Å². The molecule has 3 N–H and O–H groups in total. The molecule has 1 fully saturated rings. The fourth-order valence-electron chi connectivity index (χ4n) is 2.77. The SMILES string of the molecule is O=C(Cc1ccc2ccccc2c1)NCC1CNCC1O. The smallest absolute Gasteiger partial charge is 0.224 e. The number of amides is 1. The predicted molar refractivity (Wildman–Crippen MR) is 83.0 cm³/mol. The Labute approximate surface area is 124 Å². The topological polar surface area (TPSA) is 61.4 Å². The molecular weight excluding hydrogens is 264 g/mol. The first-order valence-corrected chi connectivity index (χ1v) is 7.35. The van der Waals surface area contributed by atoms with E-state index in [-0.39, 0.29) is 17.9 Å². The summed E-state index contributed by atoms with van der Waals surface area (Å²) in [5.41, 5.74) is 1.01. The standard InChI is InChI=1S/C17H20N2O2/c20-16-11-18-9-15(16)10-19-17(21)8-12-5-6-13-3-1-2-4-14(13)7-12/h1-7,15-16,18,20H,8-11H2,(H,19,21). The van der Waals surface area contributed by atoms with Crippen molar-refractivity contribution in [3.63, 3.8) is 0 Å². The van der Waals surface area contributed by atoms with Crippen molar-refractivity contribution >= 4 is 16.7 Å². The van der Waals surface area contributed by atoms with Gasteiger partial charge in [-0.2, -0.15) is 0 Å². The number of β-amino-alcohol motifs (C(OH)–C–C–N with tert-alkyl or cyclic N) is 1. The molecule has 1 heterocycles. The van der Waals surface area contributed by atoms with Crippen LogP contribution in [0, 0.1) is 5.92 Å². The van der Waals surface area contributed by atoms with Crippen LogP contribution in [0.1, 0.15) is 5.56 Å². The number of fused-ring (bicyclic) bond motifs is 1. The summed E-state index contributed by atoms with van der Waals surface area (Å²) in [5, 5.41) is 18.1. The van der Waals surface area contributed by atoms with Crippen molar-refractivity contribution in [1.29, 1.82) is 0 Å². The zero-order valence-corrected chi connectivity index (χ0v) is 11.9. The fraction of sp³-hybridized carbons (Fsp3) is 0.353. The summed E-state index contributed by atoms with van der Waals surface area (Å²) in [6, 6.07) is 14.2. The van der Waals surface area contributed by atoms with Crippen molar-refractivity contribution in [2.24, 2.45) is 5.92 Å². The van der Waals surface area contributed by atoms with Crippen LogP contribution in [0.25, 0.3) is 10.8 Å². The first-order chi connectivity index (χ1) is 10.2. The fourth-order valence-corrected chi connectivity index (χ4v) is 2.77. The predicted octanol–water partition coefficient (Wildman–Crippen LogP) is 1.08. The Morgan fingerprint density at radius 1 is 1.19 bits per heavy atom. The first kappa shape index (κ1) is 14.0. The van der Waals surface area contributed by atoms with Gasteiger partial charge in [0.25, 0.3) is 0 Å². The summed E-state index contributed by atoms with van der Waals surface area (Å²) in [7, 11) is 0. The number of carbonyl (C=O) groups is 1. The molecular formula is C17H20N2O2. The molecule has 4 nitrogen and oxygen atoms in total. The van der Waals surface area contributed by atoms with Crippen LogP contribution in [0.2, 0.25) is 0 Å². The second-order valence-electron chi connectivity index (χ2n) is 5.65. The minimum absolute atomic E-state index is 0.00406. The number of nitrogens with one attached hydrogen (secondary N) is 2. The average Bonchev–Trinajstić information content (AvgIpc) is 2.90. The Kier molecular flexibility index (Phi) is 4.18. The van der Waals surface area contributed by atoms with Gasteiger partial charge < -0.3 is 15.7 Å². The molecule has 0 bridgehead atoms. The minimum atomic E-state index is -0.356. The highest BCUT2D eigenvalue weighted by Crippen LogP contribution is 2.16. The molecule has 2 unspecified atom stereocenters. The Balaban J connectivity index is 1.58. The van der Waals surface area contributed by atoms with Crippen LogP contribution in [-0.4, -0.2) is 36.8 Å². The molecule has 21 heavy (non-hydrogen) atoms. The van der Waals surface area contributed by atoms with Gasteiger partial charge in [0, 0.05) is 25.6 Å². The minimum Gasteiger partial charge on any atom is -0.391 e. The second kappa shape index (κ2) is 6.24. The third kappa shape index (κ3) is 3.40. The number of hydrogen-bond donors (Lipinski definition) is 3. The number of rotatable bonds is 4. The third-order valence-corrected chi connectivity index (χ3v) is 4.04. The summed E-state index contributed by atoms with van der Waals surface area (Å²) < 4.78 is 0. The number of aliphatic hydroxyl groups is 1. The molecule has 0 spiro atoms. The van der Waals surface area contributed by atoms with Crippen molar-refractivity contribution in [2.75, 3.05) is 19.6 Å². The van der Waals surface area contributed by atoms with Crippen molar-refractivity contribution in [3.8, 4) is 0 Å². The molecule has 0 radical (unpaired) electrons. The maximum absolute atomic E-state index is 12.0. The molecule has 110 valence electrons. The van der Waals surface area contributed by atoms with E-state index < -0.39 is 0 Å². The monoisotopic (exact) mass is 284 g/mol. The van der Waals surface area contributed by atoms with Crippen LogP contribution in [-0.2, 0) is 11.2 Å². The van der Waals surface area contributed by atoms with Crippen LogP contribution in [0.15, 0.2) is 42.5 Å². The Hall–Kier alpha value is -1.91. The molecule has 1 aliphatic heterocycles. The average molecular weight is 284 g/mol. The summed E-state index contributed by atoms with van der Waals surface area (Å²) in [6.45, 7) is 1.91. The van der Waals surface area contributed by atoms with Gasteiger partial charge in [-0.05, 0) is 16.3 Å². The van der Waals surface area contributed by atoms with E-state index >= 15 is 0 Å². The number of hydrogen-bond acceptors (Lipinski definition) is 3. The van der Waals surface area contributed by atoms with Crippen molar-refractivity contribution in [2.45, 2.75) is 12.5 Å². The van der Waals surface area contributed by atoms with E-state index in [9.17, 15) is 9.90 Å². The lowest BCUT2D eigenvalue weighted by Gasteiger charge is -2.14. The highest BCUT2D eigenvalue weighted by molar-refractivity contribution is 5.85. The largest absolute Gasteiger partial charge is 0.391 e. The van der Waals surface area contributed by atoms with Crippen LogP contribution >= 0.6 is 0 Å². The third-order valence-electron chi connectivity index (χ3n) is 4.04. The lowest BCUT2D eigenvalue weighted by molar-refractivity contribution is -0.120. The molecule has 0 aliphatic carbocycles. The van der Waals surface area contributed by atoms with E-state index in [4.69, 9.17) is 0 Å². The van der Waals surface area contributed by atoms with Crippen LogP contribution in [0.4, 0.5) is 0 Å². The number of aliphatic hydroxyl groups excluding tert-OH is 1. The Morgan fingerprint density at radius 3 is 2.76 bits per heavy atom. The zero-order chi connectivity index (χ0) is 14.7. The van der Waals surface area contributed by atoms with E-state index in [2.05, 4.69) is 28.8 Å². The van der Waals surface area contributed by atoms with Gasteiger partial charge >= 0.3 is 0 Å². The van der Waals surface area contributed by atoms with Gasteiger partial charge in [-0.25, -0.2) is 0 Å². The lowest BCUT2D eigenvalue weighted by Crippen LogP contribution is -2.35. The van der Waals surface area contributed by atoms with Crippen molar-refractivity contribution < 1.29 is 9.90 Å². The maximum atomic E-state index is 12.0. The van der Waals surface area contributed by atoms with E-state index in [0.717, 1.165) is 17.5 Å². The Bertz CT molecular complexity index is 641. The van der Waals surface area contributed by atoms with Crippen molar-refractivity contribution in [1.82, 2.24) is 10.6 Å². The Morgan fingerprint density at radius 2 is 2.00 bits per heavy atom. The molecule has 2 atom stereocenters. The van der Waals surface area contributed by atoms with Gasteiger partial charge in [-0.1, -0.05) is 42.5 Å². The maximum Gasteiger partial charge on any atom is 0.224 e. The van der Waals surface area contributed by atoms with Crippen LogP contribution in [0.3, 0.4) is 0 Å². The van der Waals surface area contributed by atoms with Gasteiger partial charge in [0.1, 0.15) is 0 Å². The highest BCUT2D eigenvalue weighted by atomic mass is 16.3. The molecule has 4 heteroatoms. The molecule has 1 saturated heterocycles. The molecule has 2 aromatic carbocycles. The van der Waals surface area contributed by atoms with E-state index in [1.54, 1.807) is 0 Å². The molecule has 0 aromatic heterocycles. The van der Waals surface area contributed by atoms with Crippen molar-refractivity contribution in [3.05, 3.63) is 48.0 Å². The molecule has 3 rings (SSSR count). The summed E-state index contributed by atoms with van der Waals surface area (Å²) in [6.07, 6.45) is 0.0205. The number of benzene rings is 2. The van der Waals surface area contributed by atoms with Gasteiger partial charge in [-0.3, -0.25) is 4.79 Å². The van der Waals surface area contributed by atoms with Crippen LogP contribution < -0.4 is 10.6 Å². The lowest BCUT2D eigenvalue weighted by atomic mass is 10.0. The molecule has 1 amide bonds. The van der Waals surface area contributed by atoms with Gasteiger partial charge in [0.2, 0.25) is 5.91 Å². The summed E-state index contributed by atoms with van der Waals surface area (Å²) in [4.78, 5) is 12.0. The number of carbonyl (C=O) groups excluding carboxylic acids is 1. The molecule has 2 aromatic rings. The summed E-state index contributed by atoms with van der Waals surface area (Å²) >= 11 is 0. The van der Waals surface area contributed by atoms with E-state index in [0.29, 0.717) is 19.5 Å². The molecule has 0 saturated carbocycles. The molecule has 1 aliphatic rings. The van der Waals surface area contributed by atoms with E-state index in [1.165, 1.54) is 5.39 Å². The van der Waals surface area contributed by atoms with E-state index in [1.807, 2.05) is 24.3 Å². The first-order valence-electron chi connectivity index (χ1n) is 7.35. The zero-order valence-electron chi connectivity index (χ0n) is 11.9. The summed E-state index contributed by atoms with van der Waals surface area (Å²) in [5.74, 6) is 0.120. The van der Waals surface area contributed by atoms with Gasteiger partial charge in [-0.15, -0.1) is 0 Å².